The topological polar surface area (TPSA) is 72.3 Å². The lowest BCUT2D eigenvalue weighted by molar-refractivity contribution is 0.426. The fourth-order valence-electron chi connectivity index (χ4n) is 1.23. The number of nitrogen functional groups attached to an aromatic ring is 1. The van der Waals surface area contributed by atoms with Crippen LogP contribution in [0.4, 0.5) is 5.69 Å². The van der Waals surface area contributed by atoms with Crippen molar-refractivity contribution in [2.75, 3.05) is 5.73 Å². The predicted molar refractivity (Wildman–Crippen MR) is 52.8 cm³/mol. The molecule has 0 aliphatic heterocycles. The van der Waals surface area contributed by atoms with Gasteiger partial charge in [-0.3, -0.25) is 0 Å². The molecule has 0 aliphatic carbocycles. The molecule has 0 saturated heterocycles. The highest BCUT2D eigenvalue weighted by molar-refractivity contribution is 5.72. The first-order valence-corrected chi connectivity index (χ1v) is 4.19. The molecule has 14 heavy (non-hydrogen) atoms. The maximum Gasteiger partial charge on any atom is 0.190 e. The first-order chi connectivity index (χ1) is 6.68. The van der Waals surface area contributed by atoms with Crippen LogP contribution in [0.5, 0.6) is 5.75 Å². The first-order valence-electron chi connectivity index (χ1n) is 4.19. The zero-order valence-electron chi connectivity index (χ0n) is 7.69. The average molecular weight is 190 g/mol. The molecule has 0 spiro atoms. The maximum atomic E-state index is 9.27. The minimum atomic E-state index is 0.177. The smallest absolute Gasteiger partial charge is 0.190 e. The third-order valence-electron chi connectivity index (χ3n) is 2.02. The van der Waals surface area contributed by atoms with E-state index in [1.165, 1.54) is 0 Å². The molecule has 0 unspecified atom stereocenters. The quantitative estimate of drug-likeness (QED) is 0.720. The van der Waals surface area contributed by atoms with E-state index in [0.717, 1.165) is 5.56 Å². The largest absolute Gasteiger partial charge is 0.508 e. The van der Waals surface area contributed by atoms with Crippen molar-refractivity contribution in [2.24, 2.45) is 0 Å². The van der Waals surface area contributed by atoms with E-state index >= 15 is 0 Å². The Morgan fingerprint density at radius 2 is 2.21 bits per heavy atom. The minimum absolute atomic E-state index is 0.177. The Morgan fingerprint density at radius 1 is 1.43 bits per heavy atom. The van der Waals surface area contributed by atoms with Crippen LogP contribution in [0.2, 0.25) is 0 Å². The second-order valence-corrected chi connectivity index (χ2v) is 3.06. The molecular formula is C10H10N2O2. The molecule has 72 valence electrons. The van der Waals surface area contributed by atoms with E-state index in [4.69, 9.17) is 10.3 Å². The molecule has 0 radical (unpaired) electrons. The van der Waals surface area contributed by atoms with E-state index in [1.54, 1.807) is 31.2 Å². The molecule has 2 aromatic rings. The van der Waals surface area contributed by atoms with Crippen LogP contribution < -0.4 is 5.73 Å². The Bertz CT molecular complexity index is 463. The molecule has 1 aromatic carbocycles. The van der Waals surface area contributed by atoms with E-state index in [-0.39, 0.29) is 5.75 Å². The number of phenolic OH excluding ortho intramolecular Hbond substituents is 1. The van der Waals surface area contributed by atoms with Gasteiger partial charge in [0.15, 0.2) is 5.76 Å². The van der Waals surface area contributed by atoms with E-state index in [9.17, 15) is 5.11 Å². The normalized spacial score (nSPS) is 10.4. The lowest BCUT2D eigenvalue weighted by Crippen LogP contribution is -1.87. The number of hydrogen-bond acceptors (Lipinski definition) is 4. The number of hydrogen-bond donors (Lipinski definition) is 2. The van der Waals surface area contributed by atoms with Gasteiger partial charge in [0.05, 0.1) is 0 Å². The van der Waals surface area contributed by atoms with Gasteiger partial charge in [-0.15, -0.1) is 0 Å². The summed E-state index contributed by atoms with van der Waals surface area (Å²) in [5.41, 5.74) is 7.64. The van der Waals surface area contributed by atoms with Crippen LogP contribution >= 0.6 is 0 Å². The summed E-state index contributed by atoms with van der Waals surface area (Å²) < 4.78 is 5.05. The van der Waals surface area contributed by atoms with Gasteiger partial charge >= 0.3 is 0 Å². The van der Waals surface area contributed by atoms with Gasteiger partial charge in [0, 0.05) is 5.56 Å². The second-order valence-electron chi connectivity index (χ2n) is 3.06. The SMILES string of the molecule is Cc1noc(-c2cccc(O)c2)c1N. The van der Waals surface area contributed by atoms with Crippen LogP contribution in [0.15, 0.2) is 28.8 Å². The second kappa shape index (κ2) is 3.06. The van der Waals surface area contributed by atoms with E-state index in [1.807, 2.05) is 0 Å². The Balaban J connectivity index is 2.55. The Morgan fingerprint density at radius 3 is 2.79 bits per heavy atom. The molecule has 0 atom stereocenters. The van der Waals surface area contributed by atoms with Crippen molar-refractivity contribution in [1.29, 1.82) is 0 Å². The molecule has 1 aromatic heterocycles. The molecule has 2 rings (SSSR count). The number of rotatable bonds is 1. The van der Waals surface area contributed by atoms with Crippen LogP contribution in [-0.2, 0) is 0 Å². The lowest BCUT2D eigenvalue weighted by atomic mass is 10.1. The number of benzene rings is 1. The predicted octanol–water partition coefficient (Wildman–Crippen LogP) is 1.94. The third-order valence-corrected chi connectivity index (χ3v) is 2.02. The average Bonchev–Trinajstić information content (AvgIpc) is 2.48. The van der Waals surface area contributed by atoms with E-state index < -0.39 is 0 Å². The van der Waals surface area contributed by atoms with Gasteiger partial charge in [0.25, 0.3) is 0 Å². The van der Waals surface area contributed by atoms with Crippen molar-refractivity contribution < 1.29 is 9.63 Å². The molecule has 4 nitrogen and oxygen atoms in total. The molecule has 0 saturated carbocycles. The summed E-state index contributed by atoms with van der Waals surface area (Å²) in [5.74, 6) is 0.675. The van der Waals surface area contributed by atoms with Crippen molar-refractivity contribution in [1.82, 2.24) is 5.16 Å². The monoisotopic (exact) mass is 190 g/mol. The van der Waals surface area contributed by atoms with Gasteiger partial charge in [-0.1, -0.05) is 17.3 Å². The summed E-state index contributed by atoms with van der Waals surface area (Å²) in [4.78, 5) is 0. The number of aromatic hydroxyl groups is 1. The molecular weight excluding hydrogens is 180 g/mol. The number of anilines is 1. The molecule has 1 heterocycles. The van der Waals surface area contributed by atoms with Crippen molar-refractivity contribution in [2.45, 2.75) is 6.92 Å². The molecule has 0 aliphatic rings. The molecule has 4 heteroatoms. The van der Waals surface area contributed by atoms with Crippen molar-refractivity contribution in [3.8, 4) is 17.1 Å². The van der Waals surface area contributed by atoms with Crippen LogP contribution in [0, 0.1) is 6.92 Å². The van der Waals surface area contributed by atoms with Crippen LogP contribution in [0.1, 0.15) is 5.69 Å². The molecule has 3 N–H and O–H groups in total. The number of nitrogens with two attached hydrogens (primary N) is 1. The fourth-order valence-corrected chi connectivity index (χ4v) is 1.23. The van der Waals surface area contributed by atoms with Crippen LogP contribution in [0.3, 0.4) is 0 Å². The lowest BCUT2D eigenvalue weighted by Gasteiger charge is -1.97. The minimum Gasteiger partial charge on any atom is -0.508 e. The zero-order chi connectivity index (χ0) is 10.1. The Kier molecular flexibility index (Phi) is 1.89. The van der Waals surface area contributed by atoms with Crippen molar-refractivity contribution in [3.63, 3.8) is 0 Å². The van der Waals surface area contributed by atoms with Crippen LogP contribution in [-0.4, -0.2) is 10.3 Å². The molecule has 0 bridgehead atoms. The summed E-state index contributed by atoms with van der Waals surface area (Å²) >= 11 is 0. The summed E-state index contributed by atoms with van der Waals surface area (Å²) in [6.45, 7) is 1.77. The third kappa shape index (κ3) is 1.31. The summed E-state index contributed by atoms with van der Waals surface area (Å²) in [6, 6.07) is 6.69. The van der Waals surface area contributed by atoms with Gasteiger partial charge in [-0.25, -0.2) is 0 Å². The highest BCUT2D eigenvalue weighted by atomic mass is 16.5. The molecule has 0 amide bonds. The highest BCUT2D eigenvalue weighted by Gasteiger charge is 2.11. The standard InChI is InChI=1S/C10H10N2O2/c1-6-9(11)10(14-12-6)7-3-2-4-8(13)5-7/h2-5,13H,11H2,1H3. The van der Waals surface area contributed by atoms with Gasteiger partial charge < -0.3 is 15.4 Å². The highest BCUT2D eigenvalue weighted by Crippen LogP contribution is 2.29. The fraction of sp³-hybridized carbons (Fsp3) is 0.100. The Hall–Kier alpha value is -1.97. The van der Waals surface area contributed by atoms with Crippen LogP contribution in [0.25, 0.3) is 11.3 Å². The molecule has 0 fully saturated rings. The van der Waals surface area contributed by atoms with Gasteiger partial charge in [-0.2, -0.15) is 0 Å². The summed E-state index contributed by atoms with van der Waals surface area (Å²) in [7, 11) is 0. The maximum absolute atomic E-state index is 9.27. The van der Waals surface area contributed by atoms with E-state index in [0.29, 0.717) is 17.1 Å². The number of nitrogens with zero attached hydrogens (tertiary/aromatic N) is 1. The first kappa shape index (κ1) is 8.62. The zero-order valence-corrected chi connectivity index (χ0v) is 7.69. The number of phenols is 1. The Labute approximate surface area is 81.0 Å². The van der Waals surface area contributed by atoms with Crippen molar-refractivity contribution in [3.05, 3.63) is 30.0 Å². The summed E-state index contributed by atoms with van der Waals surface area (Å²) in [5, 5.41) is 13.0. The van der Waals surface area contributed by atoms with E-state index in [2.05, 4.69) is 5.16 Å². The van der Waals surface area contributed by atoms with Gasteiger partial charge in [0.1, 0.15) is 17.1 Å². The van der Waals surface area contributed by atoms with Crippen molar-refractivity contribution >= 4 is 5.69 Å². The number of aromatic nitrogens is 1. The van der Waals surface area contributed by atoms with Gasteiger partial charge in [0.2, 0.25) is 0 Å². The summed E-state index contributed by atoms with van der Waals surface area (Å²) in [6.07, 6.45) is 0. The van der Waals surface area contributed by atoms with Gasteiger partial charge in [-0.05, 0) is 19.1 Å². The number of aryl methyl sites for hydroxylation is 1.